The highest BCUT2D eigenvalue weighted by molar-refractivity contribution is 9.10. The third-order valence-corrected chi connectivity index (χ3v) is 6.00. The van der Waals surface area contributed by atoms with Crippen LogP contribution >= 0.6 is 15.9 Å². The largest absolute Gasteiger partial charge is 0.459 e. The molecule has 258 valence electrons. The van der Waals surface area contributed by atoms with Gasteiger partial charge in [-0.2, -0.15) is 5.06 Å². The molecule has 0 saturated carbocycles. The van der Waals surface area contributed by atoms with Gasteiger partial charge in [0.2, 0.25) is 11.8 Å². The van der Waals surface area contributed by atoms with Crippen molar-refractivity contribution >= 4 is 57.4 Å². The number of carbonyl (C=O) groups excluding carboxylic acids is 6. The first-order valence-corrected chi connectivity index (χ1v) is 15.5. The number of halogens is 1. The highest BCUT2D eigenvalue weighted by Gasteiger charge is 2.30. The molecule has 0 aliphatic rings. The van der Waals surface area contributed by atoms with Crippen molar-refractivity contribution < 1.29 is 48.2 Å². The van der Waals surface area contributed by atoms with Gasteiger partial charge in [-0.25, -0.2) is 9.59 Å². The van der Waals surface area contributed by atoms with Crippen LogP contribution in [-0.4, -0.2) is 76.4 Å². The number of nitrogens with zero attached hydrogens (tertiary/aromatic N) is 1. The van der Waals surface area contributed by atoms with E-state index in [1.54, 1.807) is 74.4 Å². The molecule has 0 spiro atoms. The Morgan fingerprint density at radius 2 is 1.28 bits per heavy atom. The standard InChI is InChI=1S/C31H47BrN4O10/c1-29(2,3)44-25(39)18-33-26(40)21(15-17-24(38)36(43)20-12-10-19(32)11-13-20)34-23(37)16-14-22(27(41)45-30(4,5)6)35-28(42)46-31(7,8)9/h10-13,21-22,43H,14-18H2,1-9H3,(H,33,40)(H,34,37)(H,35,42)/t21-,22+/m1/s1. The van der Waals surface area contributed by atoms with E-state index in [0.717, 1.165) is 4.47 Å². The van der Waals surface area contributed by atoms with Crippen LogP contribution in [0, 0.1) is 0 Å². The predicted molar refractivity (Wildman–Crippen MR) is 172 cm³/mol. The van der Waals surface area contributed by atoms with Crippen molar-refractivity contribution in [2.45, 2.75) is 117 Å². The highest BCUT2D eigenvalue weighted by Crippen LogP contribution is 2.19. The van der Waals surface area contributed by atoms with Crippen LogP contribution in [0.4, 0.5) is 10.5 Å². The molecule has 1 rings (SSSR count). The van der Waals surface area contributed by atoms with E-state index in [4.69, 9.17) is 14.2 Å². The van der Waals surface area contributed by atoms with Crippen molar-refractivity contribution in [3.8, 4) is 0 Å². The third-order valence-electron chi connectivity index (χ3n) is 5.48. The maximum Gasteiger partial charge on any atom is 0.408 e. The summed E-state index contributed by atoms with van der Waals surface area (Å²) in [5, 5.41) is 18.1. The number of esters is 2. The first-order valence-electron chi connectivity index (χ1n) is 14.7. The molecule has 0 radical (unpaired) electrons. The van der Waals surface area contributed by atoms with Crippen LogP contribution in [0.3, 0.4) is 0 Å². The lowest BCUT2D eigenvalue weighted by atomic mass is 10.1. The van der Waals surface area contributed by atoms with Crippen molar-refractivity contribution in [1.29, 1.82) is 0 Å². The average Bonchev–Trinajstić information content (AvgIpc) is 2.88. The van der Waals surface area contributed by atoms with E-state index in [0.29, 0.717) is 5.06 Å². The molecule has 0 heterocycles. The molecule has 15 heteroatoms. The summed E-state index contributed by atoms with van der Waals surface area (Å²) in [6.07, 6.45) is -2.04. The number of hydrogen-bond acceptors (Lipinski definition) is 10. The van der Waals surface area contributed by atoms with Gasteiger partial charge in [0.1, 0.15) is 35.4 Å². The van der Waals surface area contributed by atoms with Gasteiger partial charge in [0.05, 0.1) is 5.69 Å². The molecule has 0 bridgehead atoms. The van der Waals surface area contributed by atoms with E-state index in [1.165, 1.54) is 12.1 Å². The Hall–Kier alpha value is -3.72. The zero-order chi connectivity index (χ0) is 35.5. The second kappa shape index (κ2) is 17.3. The number of carbonyl (C=O) groups is 6. The zero-order valence-electron chi connectivity index (χ0n) is 27.9. The molecule has 14 nitrogen and oxygen atoms in total. The molecule has 0 aromatic heterocycles. The molecule has 1 aromatic carbocycles. The number of benzene rings is 1. The van der Waals surface area contributed by atoms with E-state index >= 15 is 0 Å². The second-order valence-electron chi connectivity index (χ2n) is 13.4. The smallest absolute Gasteiger partial charge is 0.408 e. The summed E-state index contributed by atoms with van der Waals surface area (Å²) in [6, 6.07) is 3.69. The minimum Gasteiger partial charge on any atom is -0.459 e. The van der Waals surface area contributed by atoms with Crippen molar-refractivity contribution in [2.75, 3.05) is 11.6 Å². The lowest BCUT2D eigenvalue weighted by molar-refractivity contribution is -0.158. The lowest BCUT2D eigenvalue weighted by Crippen LogP contribution is -2.50. The lowest BCUT2D eigenvalue weighted by Gasteiger charge is -2.26. The van der Waals surface area contributed by atoms with Crippen molar-refractivity contribution in [3.63, 3.8) is 0 Å². The Morgan fingerprint density at radius 1 is 0.761 bits per heavy atom. The van der Waals surface area contributed by atoms with E-state index in [1.807, 2.05) is 0 Å². The van der Waals surface area contributed by atoms with Gasteiger partial charge in [0, 0.05) is 17.3 Å². The Morgan fingerprint density at radius 3 is 1.80 bits per heavy atom. The number of hydroxylamine groups is 1. The molecule has 0 fully saturated rings. The molecule has 0 unspecified atom stereocenters. The van der Waals surface area contributed by atoms with Crippen LogP contribution in [0.1, 0.15) is 88.0 Å². The molecule has 1 aromatic rings. The first kappa shape index (κ1) is 40.3. The fourth-order valence-corrected chi connectivity index (χ4v) is 3.91. The van der Waals surface area contributed by atoms with E-state index in [2.05, 4.69) is 31.9 Å². The summed E-state index contributed by atoms with van der Waals surface area (Å²) >= 11 is 3.27. The van der Waals surface area contributed by atoms with Gasteiger partial charge >= 0.3 is 18.0 Å². The Bertz CT molecular complexity index is 1230. The van der Waals surface area contributed by atoms with Gasteiger partial charge in [-0.05, 0) is 99.4 Å². The average molecular weight is 716 g/mol. The molecule has 2 atom stereocenters. The molecule has 4 amide bonds. The molecule has 0 aliphatic carbocycles. The van der Waals surface area contributed by atoms with Crippen LogP contribution in [-0.2, 0) is 38.2 Å². The van der Waals surface area contributed by atoms with Crippen molar-refractivity contribution in [3.05, 3.63) is 28.7 Å². The summed E-state index contributed by atoms with van der Waals surface area (Å²) < 4.78 is 16.5. The summed E-state index contributed by atoms with van der Waals surface area (Å²) in [6.45, 7) is 14.4. The topological polar surface area (TPSA) is 190 Å². The summed E-state index contributed by atoms with van der Waals surface area (Å²) in [5.41, 5.74) is -2.33. The van der Waals surface area contributed by atoms with E-state index in [-0.39, 0.29) is 31.4 Å². The second-order valence-corrected chi connectivity index (χ2v) is 14.3. The number of amides is 4. The summed E-state index contributed by atoms with van der Waals surface area (Å²) in [4.78, 5) is 76.1. The van der Waals surface area contributed by atoms with Gasteiger partial charge in [-0.3, -0.25) is 24.4 Å². The number of rotatable bonds is 13. The number of anilines is 1. The van der Waals surface area contributed by atoms with Gasteiger partial charge in [-0.15, -0.1) is 0 Å². The molecule has 0 saturated heterocycles. The van der Waals surface area contributed by atoms with Crippen LogP contribution < -0.4 is 21.0 Å². The Balaban J connectivity index is 3.03. The normalized spacial score (nSPS) is 13.0. The fraction of sp³-hybridized carbons (Fsp3) is 0.613. The number of nitrogens with one attached hydrogen (secondary N) is 3. The van der Waals surface area contributed by atoms with Gasteiger partial charge in [0.25, 0.3) is 5.91 Å². The van der Waals surface area contributed by atoms with Crippen molar-refractivity contribution in [1.82, 2.24) is 16.0 Å². The minimum atomic E-state index is -1.31. The van der Waals surface area contributed by atoms with Crippen LogP contribution in [0.2, 0.25) is 0 Å². The Labute approximate surface area is 278 Å². The molecule has 4 N–H and O–H groups in total. The third kappa shape index (κ3) is 17.1. The maximum atomic E-state index is 13.0. The molecular formula is C31H47BrN4O10. The maximum absolute atomic E-state index is 13.0. The minimum absolute atomic E-state index is 0.189. The van der Waals surface area contributed by atoms with Gasteiger partial charge in [0.15, 0.2) is 0 Å². The van der Waals surface area contributed by atoms with E-state index in [9.17, 15) is 34.0 Å². The molecular weight excluding hydrogens is 668 g/mol. The quantitative estimate of drug-likeness (QED) is 0.101. The predicted octanol–water partition coefficient (Wildman–Crippen LogP) is 3.91. The van der Waals surface area contributed by atoms with Crippen LogP contribution in [0.25, 0.3) is 0 Å². The Kier molecular flexibility index (Phi) is 15.1. The fourth-order valence-electron chi connectivity index (χ4n) is 3.64. The van der Waals surface area contributed by atoms with Gasteiger partial charge < -0.3 is 30.2 Å². The highest BCUT2D eigenvalue weighted by atomic mass is 79.9. The van der Waals surface area contributed by atoms with Crippen LogP contribution in [0.5, 0.6) is 0 Å². The number of hydrogen-bond donors (Lipinski definition) is 4. The summed E-state index contributed by atoms with van der Waals surface area (Å²) in [5.74, 6) is -3.74. The molecule has 0 aliphatic heterocycles. The SMILES string of the molecule is CC(C)(C)OC(=O)CNC(=O)[C@@H](CCC(=O)N(O)c1ccc(Br)cc1)NC(=O)CC[C@H](NC(=O)OC(C)(C)C)C(=O)OC(C)(C)C. The number of alkyl carbamates (subject to hydrolysis) is 1. The summed E-state index contributed by atoms with van der Waals surface area (Å²) in [7, 11) is 0. The zero-order valence-corrected chi connectivity index (χ0v) is 29.5. The van der Waals surface area contributed by atoms with Crippen molar-refractivity contribution in [2.24, 2.45) is 0 Å². The molecule has 46 heavy (non-hydrogen) atoms. The monoisotopic (exact) mass is 714 g/mol. The number of ether oxygens (including phenoxy) is 3. The van der Waals surface area contributed by atoms with E-state index < -0.39 is 71.2 Å². The van der Waals surface area contributed by atoms with Crippen LogP contribution in [0.15, 0.2) is 28.7 Å². The first-order chi connectivity index (χ1) is 21.0. The van der Waals surface area contributed by atoms with Gasteiger partial charge in [-0.1, -0.05) is 15.9 Å².